The molecule has 0 unspecified atom stereocenters. The Hall–Kier alpha value is -9.19. The summed E-state index contributed by atoms with van der Waals surface area (Å²) >= 11 is 0. The highest BCUT2D eigenvalue weighted by Gasteiger charge is 2.17. The van der Waals surface area contributed by atoms with E-state index in [2.05, 4.69) is 152 Å². The van der Waals surface area contributed by atoms with Gasteiger partial charge in [-0.05, 0) is 61.0 Å². The lowest BCUT2D eigenvalue weighted by Crippen LogP contribution is -2.00. The maximum Gasteiger partial charge on any atom is 0.164 e. The maximum absolute atomic E-state index is 5.07. The highest BCUT2D eigenvalue weighted by Crippen LogP contribution is 2.42. The van der Waals surface area contributed by atoms with Crippen molar-refractivity contribution in [3.63, 3.8) is 0 Å². The molecule has 0 aliphatic rings. The van der Waals surface area contributed by atoms with E-state index in [9.17, 15) is 0 Å². The van der Waals surface area contributed by atoms with Gasteiger partial charge < -0.3 is 0 Å². The van der Waals surface area contributed by atoms with Gasteiger partial charge in [0, 0.05) is 33.4 Å². The summed E-state index contributed by atoms with van der Waals surface area (Å²) in [5.41, 5.74) is 14.7. The van der Waals surface area contributed by atoms with Gasteiger partial charge in [-0.15, -0.1) is 0 Å². The Kier molecular flexibility index (Phi) is 10.5. The largest absolute Gasteiger partial charge is 0.228 e. The Morgan fingerprint density at radius 2 is 0.426 bits per heavy atom. The van der Waals surface area contributed by atoms with Crippen molar-refractivity contribution in [2.75, 3.05) is 0 Å². The summed E-state index contributed by atoms with van der Waals surface area (Å²) in [7, 11) is 0. The molecule has 2 aromatic heterocycles. The number of benzene rings is 10. The van der Waals surface area contributed by atoms with Crippen LogP contribution in [0.2, 0.25) is 0 Å². The molecule has 0 saturated carbocycles. The standard InChI is InChI=1S/C63H41N5/c1-5-17-44(18-6-1)58-41-59(65-60(64-58)46-19-7-2-8-20-46)45-33-29-42(30-34-45)50-37-39-56(54-27-15-13-25-52(50)54)57-40-38-51(53-26-14-16-28-55(53)57)43-31-35-49(36-32-43)63-67-61(47-21-9-3-10-22-47)66-62(68-63)48-23-11-4-12-24-48/h1-41H. The van der Waals surface area contributed by atoms with Gasteiger partial charge in [0.15, 0.2) is 23.3 Å². The average Bonchev–Trinajstić information content (AvgIpc) is 3.43. The first-order chi connectivity index (χ1) is 33.7. The minimum Gasteiger partial charge on any atom is -0.228 e. The monoisotopic (exact) mass is 867 g/mol. The van der Waals surface area contributed by atoms with Crippen molar-refractivity contribution in [2.24, 2.45) is 0 Å². The van der Waals surface area contributed by atoms with Gasteiger partial charge >= 0.3 is 0 Å². The van der Waals surface area contributed by atoms with E-state index >= 15 is 0 Å². The van der Waals surface area contributed by atoms with Crippen molar-refractivity contribution in [3.05, 3.63) is 249 Å². The van der Waals surface area contributed by atoms with Crippen LogP contribution in [0.5, 0.6) is 0 Å². The van der Waals surface area contributed by atoms with Crippen molar-refractivity contribution >= 4 is 21.5 Å². The quantitative estimate of drug-likeness (QED) is 0.145. The van der Waals surface area contributed by atoms with Crippen LogP contribution in [0.4, 0.5) is 0 Å². The molecule has 12 aromatic rings. The van der Waals surface area contributed by atoms with Crippen LogP contribution in [0, 0.1) is 0 Å². The van der Waals surface area contributed by atoms with Crippen molar-refractivity contribution in [1.82, 2.24) is 24.9 Å². The van der Waals surface area contributed by atoms with E-state index in [1.807, 2.05) is 97.1 Å². The molecule has 0 aliphatic heterocycles. The van der Waals surface area contributed by atoms with E-state index in [0.29, 0.717) is 23.3 Å². The third-order valence-electron chi connectivity index (χ3n) is 12.6. The third kappa shape index (κ3) is 7.78. The van der Waals surface area contributed by atoms with E-state index in [4.69, 9.17) is 24.9 Å². The Balaban J connectivity index is 0.881. The predicted octanol–water partition coefficient (Wildman–Crippen LogP) is 16.0. The fraction of sp³-hybridized carbons (Fsp3) is 0. The molecule has 318 valence electrons. The normalized spacial score (nSPS) is 11.2. The van der Waals surface area contributed by atoms with Crippen molar-refractivity contribution in [1.29, 1.82) is 0 Å². The molecule has 2 heterocycles. The van der Waals surface area contributed by atoms with E-state index < -0.39 is 0 Å². The SMILES string of the molecule is c1ccc(-c2cc(-c3ccc(-c4ccc(-c5ccc(-c6ccc(-c7nc(-c8ccccc8)nc(-c8ccccc8)n7)cc6)c6ccccc56)c5ccccc45)cc3)nc(-c3ccccc3)n2)cc1. The van der Waals surface area contributed by atoms with E-state index in [-0.39, 0.29) is 0 Å². The number of aromatic nitrogens is 5. The molecule has 0 amide bonds. The zero-order valence-electron chi connectivity index (χ0n) is 36.9. The van der Waals surface area contributed by atoms with Gasteiger partial charge in [-0.2, -0.15) is 0 Å². The molecule has 5 heteroatoms. The highest BCUT2D eigenvalue weighted by molar-refractivity contribution is 6.12. The second kappa shape index (κ2) is 17.7. The number of fused-ring (bicyclic) bond motifs is 2. The zero-order chi connectivity index (χ0) is 45.2. The molecule has 0 spiro atoms. The van der Waals surface area contributed by atoms with Crippen LogP contribution in [0.3, 0.4) is 0 Å². The second-order valence-electron chi connectivity index (χ2n) is 16.8. The fourth-order valence-electron chi connectivity index (χ4n) is 9.20. The first kappa shape index (κ1) is 40.3. The highest BCUT2D eigenvalue weighted by atomic mass is 15.0. The summed E-state index contributed by atoms with van der Waals surface area (Å²) in [5.74, 6) is 2.63. The van der Waals surface area contributed by atoms with Crippen molar-refractivity contribution in [2.45, 2.75) is 0 Å². The smallest absolute Gasteiger partial charge is 0.164 e. The van der Waals surface area contributed by atoms with Gasteiger partial charge in [-0.3, -0.25) is 0 Å². The lowest BCUT2D eigenvalue weighted by Gasteiger charge is -2.16. The number of hydrogen-bond donors (Lipinski definition) is 0. The van der Waals surface area contributed by atoms with Crippen molar-refractivity contribution in [3.8, 4) is 101 Å². The van der Waals surface area contributed by atoms with Gasteiger partial charge in [-0.25, -0.2) is 24.9 Å². The van der Waals surface area contributed by atoms with Crippen LogP contribution in [-0.2, 0) is 0 Å². The van der Waals surface area contributed by atoms with E-state index in [1.54, 1.807) is 0 Å². The summed E-state index contributed by atoms with van der Waals surface area (Å²) in [4.78, 5) is 24.9. The van der Waals surface area contributed by atoms with Crippen LogP contribution in [0.15, 0.2) is 249 Å². The van der Waals surface area contributed by atoms with Crippen LogP contribution in [0.1, 0.15) is 0 Å². The number of nitrogens with zero attached hydrogens (tertiary/aromatic N) is 5. The zero-order valence-corrected chi connectivity index (χ0v) is 36.9. The molecule has 0 fully saturated rings. The molecule has 0 radical (unpaired) electrons. The van der Waals surface area contributed by atoms with Gasteiger partial charge in [0.25, 0.3) is 0 Å². The number of hydrogen-bond acceptors (Lipinski definition) is 5. The first-order valence-corrected chi connectivity index (χ1v) is 22.8. The first-order valence-electron chi connectivity index (χ1n) is 22.8. The Morgan fingerprint density at radius 1 is 0.176 bits per heavy atom. The topological polar surface area (TPSA) is 64.5 Å². The average molecular weight is 868 g/mol. The van der Waals surface area contributed by atoms with Gasteiger partial charge in [0.1, 0.15) is 0 Å². The van der Waals surface area contributed by atoms with Gasteiger partial charge in [-0.1, -0.05) is 243 Å². The Morgan fingerprint density at radius 3 is 0.809 bits per heavy atom. The summed E-state index contributed by atoms with van der Waals surface area (Å²) < 4.78 is 0. The Bertz CT molecular complexity index is 3380. The van der Waals surface area contributed by atoms with E-state index in [1.165, 1.54) is 38.2 Å². The number of rotatable bonds is 9. The molecule has 0 N–H and O–H groups in total. The summed E-state index contributed by atoms with van der Waals surface area (Å²) in [6.07, 6.45) is 0. The molecule has 0 aliphatic carbocycles. The molecule has 0 atom stereocenters. The summed E-state index contributed by atoms with van der Waals surface area (Å²) in [6, 6.07) is 86.7. The molecule has 68 heavy (non-hydrogen) atoms. The molecular weight excluding hydrogens is 827 g/mol. The summed E-state index contributed by atoms with van der Waals surface area (Å²) in [6.45, 7) is 0. The molecule has 5 nitrogen and oxygen atoms in total. The molecule has 10 aromatic carbocycles. The molecule has 0 bridgehead atoms. The van der Waals surface area contributed by atoms with E-state index in [0.717, 1.165) is 61.5 Å². The predicted molar refractivity (Wildman–Crippen MR) is 279 cm³/mol. The van der Waals surface area contributed by atoms with Crippen LogP contribution in [0.25, 0.3) is 123 Å². The fourth-order valence-corrected chi connectivity index (χ4v) is 9.20. The second-order valence-corrected chi connectivity index (χ2v) is 16.8. The Labute approximate surface area is 394 Å². The summed E-state index contributed by atoms with van der Waals surface area (Å²) in [5, 5.41) is 4.79. The minimum atomic E-state index is 0.635. The van der Waals surface area contributed by atoms with Gasteiger partial charge in [0.2, 0.25) is 0 Å². The maximum atomic E-state index is 5.07. The third-order valence-corrected chi connectivity index (χ3v) is 12.6. The van der Waals surface area contributed by atoms with Crippen LogP contribution in [-0.4, -0.2) is 24.9 Å². The lowest BCUT2D eigenvalue weighted by molar-refractivity contribution is 1.07. The minimum absolute atomic E-state index is 0.635. The van der Waals surface area contributed by atoms with Crippen LogP contribution < -0.4 is 0 Å². The van der Waals surface area contributed by atoms with Gasteiger partial charge in [0.05, 0.1) is 11.4 Å². The molecule has 0 saturated heterocycles. The lowest BCUT2D eigenvalue weighted by atomic mass is 9.88. The molecular formula is C63H41N5. The van der Waals surface area contributed by atoms with Crippen LogP contribution >= 0.6 is 0 Å². The molecule has 12 rings (SSSR count). The van der Waals surface area contributed by atoms with Crippen molar-refractivity contribution < 1.29 is 0 Å².